The second-order valence-electron chi connectivity index (χ2n) is 4.38. The topological polar surface area (TPSA) is 105 Å². The van der Waals surface area contributed by atoms with E-state index in [4.69, 9.17) is 5.73 Å². The summed E-state index contributed by atoms with van der Waals surface area (Å²) in [7, 11) is 0. The minimum Gasteiger partial charge on any atom is -0.480 e. The van der Waals surface area contributed by atoms with Crippen LogP contribution in [-0.2, 0) is 11.3 Å². The molecule has 1 amide bonds. The fourth-order valence-corrected chi connectivity index (χ4v) is 2.82. The van der Waals surface area contributed by atoms with E-state index in [1.807, 2.05) is 0 Å². The van der Waals surface area contributed by atoms with Gasteiger partial charge in [-0.1, -0.05) is 12.8 Å². The minimum atomic E-state index is -1.12. The van der Waals surface area contributed by atoms with Crippen molar-refractivity contribution in [3.63, 3.8) is 0 Å². The summed E-state index contributed by atoms with van der Waals surface area (Å²) in [6.45, 7) is 0.280. The number of carbonyl (C=O) groups is 2. The summed E-state index contributed by atoms with van der Waals surface area (Å²) >= 11 is 1.30. The zero-order valence-corrected chi connectivity index (χ0v) is 10.6. The average Bonchev–Trinajstić information content (AvgIpc) is 2.97. The van der Waals surface area contributed by atoms with E-state index in [9.17, 15) is 14.7 Å². The standard InChI is InChI=1S/C11H15N3O3S/c12-5-8-13-7(6-18-8)9(15)14-11(10(16)17)3-1-2-4-11/h6H,1-5,12H2,(H,14,15)(H,16,17). The lowest BCUT2D eigenvalue weighted by atomic mass is 9.98. The molecule has 98 valence electrons. The predicted molar refractivity (Wildman–Crippen MR) is 66.3 cm³/mol. The van der Waals surface area contributed by atoms with Crippen molar-refractivity contribution >= 4 is 23.2 Å². The molecule has 0 spiro atoms. The normalized spacial score (nSPS) is 17.6. The number of hydrogen-bond acceptors (Lipinski definition) is 5. The molecule has 2 rings (SSSR count). The third-order valence-corrected chi connectivity index (χ3v) is 4.05. The molecule has 1 heterocycles. The zero-order valence-electron chi connectivity index (χ0n) is 9.81. The summed E-state index contributed by atoms with van der Waals surface area (Å²) in [5.74, 6) is -1.40. The molecule has 4 N–H and O–H groups in total. The Hall–Kier alpha value is -1.47. The molecule has 0 unspecified atom stereocenters. The van der Waals surface area contributed by atoms with Crippen LogP contribution in [-0.4, -0.2) is 27.5 Å². The van der Waals surface area contributed by atoms with E-state index in [2.05, 4.69) is 10.3 Å². The zero-order chi connectivity index (χ0) is 13.2. The van der Waals surface area contributed by atoms with E-state index in [-0.39, 0.29) is 12.2 Å². The summed E-state index contributed by atoms with van der Waals surface area (Å²) in [5, 5.41) is 14.1. The highest BCUT2D eigenvalue weighted by Crippen LogP contribution is 2.30. The Kier molecular flexibility index (Phi) is 3.63. The first-order valence-electron chi connectivity index (χ1n) is 5.78. The van der Waals surface area contributed by atoms with E-state index in [1.54, 1.807) is 5.38 Å². The number of rotatable bonds is 4. The van der Waals surface area contributed by atoms with Crippen molar-refractivity contribution < 1.29 is 14.7 Å². The second kappa shape index (κ2) is 5.03. The maximum absolute atomic E-state index is 12.0. The molecule has 1 aromatic heterocycles. The summed E-state index contributed by atoms with van der Waals surface area (Å²) in [6.07, 6.45) is 2.58. The van der Waals surface area contributed by atoms with Gasteiger partial charge in [0.1, 0.15) is 16.2 Å². The molecule has 7 heteroatoms. The predicted octanol–water partition coefficient (Wildman–Crippen LogP) is 0.729. The highest BCUT2D eigenvalue weighted by molar-refractivity contribution is 7.09. The molecule has 6 nitrogen and oxygen atoms in total. The number of amides is 1. The van der Waals surface area contributed by atoms with Crippen molar-refractivity contribution in [3.05, 3.63) is 16.1 Å². The van der Waals surface area contributed by atoms with Crippen molar-refractivity contribution in [2.75, 3.05) is 0 Å². The molecule has 18 heavy (non-hydrogen) atoms. The summed E-state index contributed by atoms with van der Waals surface area (Å²) < 4.78 is 0. The maximum atomic E-state index is 12.0. The molecule has 0 aromatic carbocycles. The van der Waals surface area contributed by atoms with Crippen LogP contribution in [0.2, 0.25) is 0 Å². The fraction of sp³-hybridized carbons (Fsp3) is 0.545. The van der Waals surface area contributed by atoms with Crippen molar-refractivity contribution in [1.82, 2.24) is 10.3 Å². The second-order valence-corrected chi connectivity index (χ2v) is 5.32. The third kappa shape index (κ3) is 2.37. The van der Waals surface area contributed by atoms with Crippen molar-refractivity contribution in [2.24, 2.45) is 5.73 Å². The molecule has 0 aliphatic heterocycles. The molecular weight excluding hydrogens is 254 g/mol. The van der Waals surface area contributed by atoms with Crippen LogP contribution in [0.3, 0.4) is 0 Å². The van der Waals surface area contributed by atoms with Gasteiger partial charge < -0.3 is 16.2 Å². The van der Waals surface area contributed by atoms with Crippen LogP contribution < -0.4 is 11.1 Å². The molecule has 0 saturated heterocycles. The van der Waals surface area contributed by atoms with Gasteiger partial charge in [-0.2, -0.15) is 0 Å². The molecule has 1 aromatic rings. The molecule has 1 fully saturated rings. The van der Waals surface area contributed by atoms with Crippen LogP contribution in [0.1, 0.15) is 41.2 Å². The van der Waals surface area contributed by atoms with Gasteiger partial charge in [0, 0.05) is 11.9 Å². The van der Waals surface area contributed by atoms with Crippen molar-refractivity contribution in [2.45, 2.75) is 37.8 Å². The van der Waals surface area contributed by atoms with E-state index in [0.717, 1.165) is 12.8 Å². The third-order valence-electron chi connectivity index (χ3n) is 3.18. The minimum absolute atomic E-state index is 0.243. The van der Waals surface area contributed by atoms with Gasteiger partial charge in [0.2, 0.25) is 0 Å². The monoisotopic (exact) mass is 269 g/mol. The van der Waals surface area contributed by atoms with Crippen LogP contribution in [0.25, 0.3) is 0 Å². The number of carboxylic acids is 1. The number of thiazole rings is 1. The molecule has 1 saturated carbocycles. The lowest BCUT2D eigenvalue weighted by molar-refractivity contribution is -0.144. The Labute approximate surface area is 108 Å². The van der Waals surface area contributed by atoms with Crippen LogP contribution in [0.5, 0.6) is 0 Å². The van der Waals surface area contributed by atoms with Gasteiger partial charge in [0.05, 0.1) is 0 Å². The SMILES string of the molecule is NCc1nc(C(=O)NC2(C(=O)O)CCCC2)cs1. The molecule has 1 aliphatic carbocycles. The Morgan fingerprint density at radius 3 is 2.67 bits per heavy atom. The van der Waals surface area contributed by atoms with Crippen molar-refractivity contribution in [3.8, 4) is 0 Å². The lowest BCUT2D eigenvalue weighted by Crippen LogP contribution is -2.52. The van der Waals surface area contributed by atoms with Gasteiger partial charge in [-0.15, -0.1) is 11.3 Å². The summed E-state index contributed by atoms with van der Waals surface area (Å²) in [5.41, 5.74) is 4.55. The van der Waals surface area contributed by atoms with E-state index in [0.29, 0.717) is 17.8 Å². The number of hydrogen-bond donors (Lipinski definition) is 3. The first-order chi connectivity index (χ1) is 8.57. The average molecular weight is 269 g/mol. The molecule has 0 radical (unpaired) electrons. The highest BCUT2D eigenvalue weighted by Gasteiger charge is 2.42. The molecule has 0 bridgehead atoms. The first kappa shape index (κ1) is 13.0. The van der Waals surface area contributed by atoms with Crippen LogP contribution in [0.15, 0.2) is 5.38 Å². The van der Waals surface area contributed by atoms with Gasteiger partial charge in [-0.05, 0) is 12.8 Å². The van der Waals surface area contributed by atoms with Gasteiger partial charge in [0.25, 0.3) is 5.91 Å². The largest absolute Gasteiger partial charge is 0.480 e. The van der Waals surface area contributed by atoms with Gasteiger partial charge in [-0.3, -0.25) is 4.79 Å². The van der Waals surface area contributed by atoms with E-state index in [1.165, 1.54) is 11.3 Å². The number of carbonyl (C=O) groups excluding carboxylic acids is 1. The van der Waals surface area contributed by atoms with Crippen LogP contribution >= 0.6 is 11.3 Å². The quantitative estimate of drug-likeness (QED) is 0.747. The number of nitrogens with one attached hydrogen (secondary N) is 1. The fourth-order valence-electron chi connectivity index (χ4n) is 2.16. The summed E-state index contributed by atoms with van der Waals surface area (Å²) in [4.78, 5) is 27.3. The van der Waals surface area contributed by atoms with Gasteiger partial charge in [-0.25, -0.2) is 9.78 Å². The highest BCUT2D eigenvalue weighted by atomic mass is 32.1. The number of aliphatic carboxylic acids is 1. The number of nitrogens with two attached hydrogens (primary N) is 1. The van der Waals surface area contributed by atoms with Gasteiger partial charge >= 0.3 is 5.97 Å². The van der Waals surface area contributed by atoms with E-state index >= 15 is 0 Å². The Balaban J connectivity index is 2.12. The summed E-state index contributed by atoms with van der Waals surface area (Å²) in [6, 6.07) is 0. The van der Waals surface area contributed by atoms with Crippen molar-refractivity contribution in [1.29, 1.82) is 0 Å². The van der Waals surface area contributed by atoms with Gasteiger partial charge in [0.15, 0.2) is 0 Å². The first-order valence-corrected chi connectivity index (χ1v) is 6.66. The number of carboxylic acid groups (broad SMARTS) is 1. The maximum Gasteiger partial charge on any atom is 0.329 e. The molecule has 1 aliphatic rings. The molecular formula is C11H15N3O3S. The van der Waals surface area contributed by atoms with E-state index < -0.39 is 17.4 Å². The lowest BCUT2D eigenvalue weighted by Gasteiger charge is -2.24. The number of nitrogens with zero attached hydrogens (tertiary/aromatic N) is 1. The Morgan fingerprint density at radius 2 is 2.17 bits per heavy atom. The Bertz CT molecular complexity index is 466. The molecule has 0 atom stereocenters. The van der Waals surface area contributed by atoms with Crippen LogP contribution in [0, 0.1) is 0 Å². The van der Waals surface area contributed by atoms with Crippen LogP contribution in [0.4, 0.5) is 0 Å². The Morgan fingerprint density at radius 1 is 1.50 bits per heavy atom. The smallest absolute Gasteiger partial charge is 0.329 e. The number of aromatic nitrogens is 1.